The highest BCUT2D eigenvalue weighted by atomic mass is 16.6. The summed E-state index contributed by atoms with van der Waals surface area (Å²) in [6.07, 6.45) is 0.00670. The van der Waals surface area contributed by atoms with Crippen molar-refractivity contribution in [3.05, 3.63) is 71.8 Å². The highest BCUT2D eigenvalue weighted by Crippen LogP contribution is 2.34. The number of hydrogen-bond acceptors (Lipinski definition) is 4. The Morgan fingerprint density at radius 3 is 2.14 bits per heavy atom. The van der Waals surface area contributed by atoms with Gasteiger partial charge in [0, 0.05) is 5.41 Å². The van der Waals surface area contributed by atoms with Crippen LogP contribution in [0.4, 0.5) is 4.79 Å². The van der Waals surface area contributed by atoms with Crippen molar-refractivity contribution in [1.82, 2.24) is 4.90 Å². The second-order valence-corrected chi connectivity index (χ2v) is 8.14. The predicted molar refractivity (Wildman–Crippen MR) is 106 cm³/mol. The van der Waals surface area contributed by atoms with Gasteiger partial charge in [-0.15, -0.1) is 0 Å². The molecule has 5 heteroatoms. The summed E-state index contributed by atoms with van der Waals surface area (Å²) in [5.41, 5.74) is 1.60. The normalized spacial score (nSPS) is 19.4. The number of cyclic esters (lactones) is 1. The summed E-state index contributed by atoms with van der Waals surface area (Å²) in [6.45, 7) is 6.00. The smallest absolute Gasteiger partial charge is 0.413 e. The average molecular weight is 381 g/mol. The van der Waals surface area contributed by atoms with Gasteiger partial charge in [0.2, 0.25) is 0 Å². The van der Waals surface area contributed by atoms with Crippen molar-refractivity contribution >= 4 is 12.1 Å². The van der Waals surface area contributed by atoms with Crippen molar-refractivity contribution in [3.8, 4) is 0 Å². The third-order valence-electron chi connectivity index (χ3n) is 4.79. The van der Waals surface area contributed by atoms with E-state index in [2.05, 4.69) is 0 Å². The Bertz CT molecular complexity index is 798. The van der Waals surface area contributed by atoms with Gasteiger partial charge in [-0.25, -0.2) is 9.59 Å². The van der Waals surface area contributed by atoms with Crippen molar-refractivity contribution in [2.75, 3.05) is 0 Å². The van der Waals surface area contributed by atoms with Crippen LogP contribution in [-0.2, 0) is 27.3 Å². The fourth-order valence-corrected chi connectivity index (χ4v) is 3.34. The molecule has 2 atom stereocenters. The number of carbonyl (C=O) groups excluding carboxylic acids is 2. The number of hydrogen-bond donors (Lipinski definition) is 0. The molecule has 1 heterocycles. The number of rotatable bonds is 5. The zero-order valence-electron chi connectivity index (χ0n) is 16.6. The molecule has 1 saturated heterocycles. The summed E-state index contributed by atoms with van der Waals surface area (Å²) in [6, 6.07) is 18.8. The number of aryl methyl sites for hydroxylation is 1. The van der Waals surface area contributed by atoms with Gasteiger partial charge < -0.3 is 9.47 Å². The van der Waals surface area contributed by atoms with Crippen LogP contribution < -0.4 is 0 Å². The first-order chi connectivity index (χ1) is 13.4. The molecule has 0 saturated carbocycles. The minimum atomic E-state index is -0.649. The van der Waals surface area contributed by atoms with Gasteiger partial charge in [0.15, 0.2) is 6.23 Å². The molecule has 2 aromatic carbocycles. The van der Waals surface area contributed by atoms with E-state index in [9.17, 15) is 9.59 Å². The van der Waals surface area contributed by atoms with Gasteiger partial charge in [-0.1, -0.05) is 81.4 Å². The number of carbonyl (C=O) groups is 2. The lowest BCUT2D eigenvalue weighted by atomic mass is 9.93. The van der Waals surface area contributed by atoms with Gasteiger partial charge in [0.05, 0.1) is 0 Å². The fourth-order valence-electron chi connectivity index (χ4n) is 3.34. The van der Waals surface area contributed by atoms with E-state index in [1.54, 1.807) is 0 Å². The maximum atomic E-state index is 12.9. The van der Waals surface area contributed by atoms with E-state index < -0.39 is 23.8 Å². The van der Waals surface area contributed by atoms with Crippen LogP contribution in [0.5, 0.6) is 0 Å². The Hall–Kier alpha value is -2.82. The molecule has 0 aliphatic carbocycles. The third-order valence-corrected chi connectivity index (χ3v) is 4.79. The van der Waals surface area contributed by atoms with Crippen LogP contribution in [0.3, 0.4) is 0 Å². The van der Waals surface area contributed by atoms with E-state index in [0.29, 0.717) is 12.8 Å². The Morgan fingerprint density at radius 1 is 1.00 bits per heavy atom. The third kappa shape index (κ3) is 4.71. The minimum absolute atomic E-state index is 0.159. The molecule has 5 nitrogen and oxygen atoms in total. The molecule has 1 aliphatic rings. The van der Waals surface area contributed by atoms with Crippen LogP contribution >= 0.6 is 0 Å². The highest BCUT2D eigenvalue weighted by Gasteiger charge is 2.50. The summed E-state index contributed by atoms with van der Waals surface area (Å²) in [4.78, 5) is 27.0. The Labute approximate surface area is 166 Å². The Morgan fingerprint density at radius 2 is 1.57 bits per heavy atom. The van der Waals surface area contributed by atoms with Crippen LogP contribution in [0.1, 0.15) is 38.3 Å². The van der Waals surface area contributed by atoms with E-state index in [-0.39, 0.29) is 12.6 Å². The summed E-state index contributed by atoms with van der Waals surface area (Å²) in [5, 5.41) is 0. The SMILES string of the molecule is CC(C)(C)[C@H]1OC(=O)[C@H](CCc2ccccc2)N1C(=O)OCc1ccccc1. The average Bonchev–Trinajstić information content (AvgIpc) is 3.03. The molecule has 1 amide bonds. The number of amides is 1. The fraction of sp³-hybridized carbons (Fsp3) is 0.391. The monoisotopic (exact) mass is 381 g/mol. The van der Waals surface area contributed by atoms with Crippen LogP contribution in [0, 0.1) is 5.41 Å². The van der Waals surface area contributed by atoms with Crippen molar-refractivity contribution < 1.29 is 19.1 Å². The first-order valence-corrected chi connectivity index (χ1v) is 9.59. The second kappa shape index (κ2) is 8.46. The van der Waals surface area contributed by atoms with E-state index in [0.717, 1.165) is 11.1 Å². The van der Waals surface area contributed by atoms with E-state index in [1.165, 1.54) is 4.90 Å². The molecule has 0 unspecified atom stereocenters. The molecule has 148 valence electrons. The molecular formula is C23H27NO4. The van der Waals surface area contributed by atoms with Crippen LogP contribution in [0.15, 0.2) is 60.7 Å². The lowest BCUT2D eigenvalue weighted by Crippen LogP contribution is -2.48. The maximum Gasteiger partial charge on any atom is 0.413 e. The summed E-state index contributed by atoms with van der Waals surface area (Å²) in [5.74, 6) is -0.368. The molecule has 28 heavy (non-hydrogen) atoms. The van der Waals surface area contributed by atoms with Gasteiger partial charge in [-0.3, -0.25) is 4.90 Å². The lowest BCUT2D eigenvalue weighted by Gasteiger charge is -2.33. The second-order valence-electron chi connectivity index (χ2n) is 8.14. The largest absolute Gasteiger partial charge is 0.444 e. The van der Waals surface area contributed by atoms with Gasteiger partial charge >= 0.3 is 12.1 Å². The van der Waals surface area contributed by atoms with Crippen molar-refractivity contribution in [3.63, 3.8) is 0 Å². The van der Waals surface area contributed by atoms with E-state index in [4.69, 9.17) is 9.47 Å². The maximum absolute atomic E-state index is 12.9. The summed E-state index contributed by atoms with van der Waals surface area (Å²) in [7, 11) is 0. The Kier molecular flexibility index (Phi) is 6.02. The molecular weight excluding hydrogens is 354 g/mol. The number of ether oxygens (including phenoxy) is 2. The first kappa shape index (κ1) is 19.9. The van der Waals surface area contributed by atoms with Crippen LogP contribution in [0.2, 0.25) is 0 Å². The van der Waals surface area contributed by atoms with Gasteiger partial charge in [0.1, 0.15) is 12.6 Å². The van der Waals surface area contributed by atoms with Crippen LogP contribution in [-0.4, -0.2) is 29.2 Å². The zero-order valence-corrected chi connectivity index (χ0v) is 16.6. The Balaban J connectivity index is 1.74. The molecule has 0 radical (unpaired) electrons. The van der Waals surface area contributed by atoms with E-state index in [1.807, 2.05) is 81.4 Å². The first-order valence-electron chi connectivity index (χ1n) is 9.59. The molecule has 1 aliphatic heterocycles. The van der Waals surface area contributed by atoms with Crippen molar-refractivity contribution in [1.29, 1.82) is 0 Å². The summed E-state index contributed by atoms with van der Waals surface area (Å²) < 4.78 is 11.1. The molecule has 0 bridgehead atoms. The zero-order chi connectivity index (χ0) is 20.1. The van der Waals surface area contributed by atoms with Gasteiger partial charge in [0.25, 0.3) is 0 Å². The number of nitrogens with zero attached hydrogens (tertiary/aromatic N) is 1. The molecule has 3 rings (SSSR count). The quantitative estimate of drug-likeness (QED) is 0.713. The highest BCUT2D eigenvalue weighted by molar-refractivity contribution is 5.84. The predicted octanol–water partition coefficient (Wildman–Crippen LogP) is 4.56. The number of esters is 1. The molecule has 0 N–H and O–H groups in total. The van der Waals surface area contributed by atoms with E-state index >= 15 is 0 Å². The molecule has 2 aromatic rings. The standard InChI is InChI=1S/C23H27NO4/c1-23(2,3)21-24(22(26)27-16-18-12-8-5-9-13-18)19(20(25)28-21)15-14-17-10-6-4-7-11-17/h4-13,19,21H,14-16H2,1-3H3/t19-,21+/m0/s1. The summed E-state index contributed by atoms with van der Waals surface area (Å²) >= 11 is 0. The van der Waals surface area contributed by atoms with Gasteiger partial charge in [-0.2, -0.15) is 0 Å². The molecule has 1 fully saturated rings. The lowest BCUT2D eigenvalue weighted by molar-refractivity contribution is -0.147. The topological polar surface area (TPSA) is 55.8 Å². The number of benzene rings is 2. The van der Waals surface area contributed by atoms with Crippen molar-refractivity contribution in [2.45, 2.75) is 52.5 Å². The minimum Gasteiger partial charge on any atom is -0.444 e. The molecule has 0 spiro atoms. The molecule has 0 aromatic heterocycles. The van der Waals surface area contributed by atoms with Gasteiger partial charge in [-0.05, 0) is 24.0 Å². The van der Waals surface area contributed by atoms with Crippen LogP contribution in [0.25, 0.3) is 0 Å². The van der Waals surface area contributed by atoms with Crippen molar-refractivity contribution in [2.24, 2.45) is 5.41 Å².